The van der Waals surface area contributed by atoms with Crippen molar-refractivity contribution >= 4 is 28.5 Å². The molecule has 3 aliphatic rings. The Morgan fingerprint density at radius 3 is 2.42 bits per heavy atom. The molecule has 3 fully saturated rings. The number of rotatable bonds is 4. The molecule has 2 aliphatic heterocycles. The van der Waals surface area contributed by atoms with Crippen molar-refractivity contribution in [1.82, 2.24) is 9.88 Å². The average molecular weight is 433 g/mol. The van der Waals surface area contributed by atoms with Gasteiger partial charge in [-0.25, -0.2) is 14.0 Å². The predicted octanol–water partition coefficient (Wildman–Crippen LogP) is 1.18. The highest BCUT2D eigenvalue weighted by molar-refractivity contribution is 5.93. The fourth-order valence-corrected chi connectivity index (χ4v) is 4.03. The summed E-state index contributed by atoms with van der Waals surface area (Å²) in [5, 5.41) is 28.6. The Hall–Kier alpha value is -2.98. The number of aromatic carboxylic acids is 1. The molecule has 3 unspecified atom stereocenters. The highest BCUT2D eigenvalue weighted by Gasteiger charge is 2.56. The molecule has 3 heterocycles. The van der Waals surface area contributed by atoms with Gasteiger partial charge in [0.1, 0.15) is 17.5 Å². The monoisotopic (exact) mass is 433 g/mol. The molecule has 1 aliphatic carbocycles. The van der Waals surface area contributed by atoms with Gasteiger partial charge < -0.3 is 30.1 Å². The van der Waals surface area contributed by atoms with Gasteiger partial charge in [-0.3, -0.25) is 4.79 Å². The molecule has 0 amide bonds. The summed E-state index contributed by atoms with van der Waals surface area (Å²) in [6.07, 6.45) is 2.07. The SMILES string of the molecule is CC(O)C(=O)O.CC12CN(c3cc4c(cc3F)c(=O)c(C(=O)O)cn4C3CC3)CC1N2. The van der Waals surface area contributed by atoms with E-state index in [1.807, 2.05) is 9.47 Å². The zero-order valence-electron chi connectivity index (χ0n) is 17.1. The molecule has 0 bridgehead atoms. The number of carboxylic acid groups (broad SMARTS) is 2. The van der Waals surface area contributed by atoms with Crippen molar-refractivity contribution in [2.75, 3.05) is 18.0 Å². The van der Waals surface area contributed by atoms with Gasteiger partial charge in [-0.15, -0.1) is 0 Å². The van der Waals surface area contributed by atoms with Gasteiger partial charge in [0, 0.05) is 36.8 Å². The van der Waals surface area contributed by atoms with Gasteiger partial charge >= 0.3 is 11.9 Å². The molecule has 2 saturated heterocycles. The lowest BCUT2D eigenvalue weighted by Gasteiger charge is -2.23. The summed E-state index contributed by atoms with van der Waals surface area (Å²) in [6.45, 7) is 4.78. The normalized spacial score (nSPS) is 24.9. The van der Waals surface area contributed by atoms with E-state index >= 15 is 0 Å². The van der Waals surface area contributed by atoms with Crippen molar-refractivity contribution in [3.05, 3.63) is 39.9 Å². The first-order valence-corrected chi connectivity index (χ1v) is 10.1. The van der Waals surface area contributed by atoms with E-state index in [-0.39, 0.29) is 22.5 Å². The van der Waals surface area contributed by atoms with E-state index in [4.69, 9.17) is 10.2 Å². The summed E-state index contributed by atoms with van der Waals surface area (Å²) in [5.41, 5.74) is 0.227. The van der Waals surface area contributed by atoms with Crippen LogP contribution in [0.2, 0.25) is 0 Å². The Morgan fingerprint density at radius 1 is 1.29 bits per heavy atom. The fraction of sp³-hybridized carbons (Fsp3) is 0.476. The lowest BCUT2D eigenvalue weighted by Crippen LogP contribution is -2.31. The number of piperazine rings is 1. The number of carboxylic acids is 2. The first kappa shape index (κ1) is 21.3. The fourth-order valence-electron chi connectivity index (χ4n) is 4.03. The largest absolute Gasteiger partial charge is 0.479 e. The average Bonchev–Trinajstić information content (AvgIpc) is 3.60. The van der Waals surface area contributed by atoms with Crippen LogP contribution >= 0.6 is 0 Å². The van der Waals surface area contributed by atoms with E-state index in [2.05, 4.69) is 12.2 Å². The number of nitrogens with one attached hydrogen (secondary N) is 1. The number of pyridine rings is 1. The van der Waals surface area contributed by atoms with E-state index in [1.165, 1.54) is 19.2 Å². The maximum absolute atomic E-state index is 14.7. The zero-order valence-corrected chi connectivity index (χ0v) is 17.1. The topological polar surface area (TPSA) is 142 Å². The Balaban J connectivity index is 0.000000342. The van der Waals surface area contributed by atoms with E-state index in [0.717, 1.165) is 25.9 Å². The van der Waals surface area contributed by atoms with Crippen LogP contribution in [0.5, 0.6) is 0 Å². The van der Waals surface area contributed by atoms with Gasteiger partial charge in [-0.2, -0.15) is 0 Å². The van der Waals surface area contributed by atoms with Crippen LogP contribution < -0.4 is 15.6 Å². The minimum Gasteiger partial charge on any atom is -0.479 e. The molecule has 2 aromatic rings. The number of aromatic nitrogens is 1. The molecular weight excluding hydrogens is 409 g/mol. The summed E-state index contributed by atoms with van der Waals surface area (Å²) in [5.74, 6) is -2.93. The van der Waals surface area contributed by atoms with Crippen LogP contribution in [-0.4, -0.2) is 62.6 Å². The van der Waals surface area contributed by atoms with Gasteiger partial charge in [-0.1, -0.05) is 0 Å². The van der Waals surface area contributed by atoms with Crippen LogP contribution in [0.3, 0.4) is 0 Å². The van der Waals surface area contributed by atoms with Gasteiger partial charge in [0.05, 0.1) is 16.7 Å². The highest BCUT2D eigenvalue weighted by Crippen LogP contribution is 2.40. The number of halogens is 1. The van der Waals surface area contributed by atoms with Crippen LogP contribution in [-0.2, 0) is 4.79 Å². The van der Waals surface area contributed by atoms with Crippen molar-refractivity contribution < 1.29 is 29.3 Å². The van der Waals surface area contributed by atoms with Crippen molar-refractivity contribution in [3.63, 3.8) is 0 Å². The number of carbonyl (C=O) groups is 2. The zero-order chi connectivity index (χ0) is 22.7. The second-order valence-corrected chi connectivity index (χ2v) is 8.65. The van der Waals surface area contributed by atoms with Gasteiger partial charge in [-0.05, 0) is 38.8 Å². The predicted molar refractivity (Wildman–Crippen MR) is 110 cm³/mol. The first-order chi connectivity index (χ1) is 14.5. The van der Waals surface area contributed by atoms with Crippen LogP contribution in [0.25, 0.3) is 10.9 Å². The van der Waals surface area contributed by atoms with Crippen LogP contribution in [0.1, 0.15) is 43.1 Å². The van der Waals surface area contributed by atoms with Crippen LogP contribution in [0, 0.1) is 5.82 Å². The molecule has 4 N–H and O–H groups in total. The molecule has 1 aromatic carbocycles. The third-order valence-electron chi connectivity index (χ3n) is 6.08. The Labute approximate surface area is 176 Å². The summed E-state index contributed by atoms with van der Waals surface area (Å²) < 4.78 is 16.6. The molecule has 31 heavy (non-hydrogen) atoms. The lowest BCUT2D eigenvalue weighted by atomic mass is 10.1. The number of aliphatic hydroxyl groups excluding tert-OH is 1. The number of anilines is 1. The molecule has 10 heteroatoms. The van der Waals surface area contributed by atoms with Gasteiger partial charge in [0.2, 0.25) is 5.43 Å². The van der Waals surface area contributed by atoms with Crippen molar-refractivity contribution in [2.45, 2.75) is 50.4 Å². The molecule has 1 saturated carbocycles. The molecule has 166 valence electrons. The lowest BCUT2D eigenvalue weighted by molar-refractivity contribution is -0.145. The number of aliphatic carboxylic acids is 1. The minimum atomic E-state index is -1.27. The van der Waals surface area contributed by atoms with Crippen molar-refractivity contribution in [3.8, 4) is 0 Å². The molecule has 9 nitrogen and oxygen atoms in total. The number of nitrogens with zero attached hydrogens (tertiary/aromatic N) is 2. The molecule has 1 aromatic heterocycles. The Morgan fingerprint density at radius 2 is 1.94 bits per heavy atom. The van der Waals surface area contributed by atoms with Crippen LogP contribution in [0.15, 0.2) is 23.1 Å². The molecule has 0 radical (unpaired) electrons. The second kappa shape index (κ2) is 7.31. The highest BCUT2D eigenvalue weighted by atomic mass is 19.1. The van der Waals surface area contributed by atoms with Crippen molar-refractivity contribution in [1.29, 1.82) is 0 Å². The van der Waals surface area contributed by atoms with E-state index in [0.29, 0.717) is 17.2 Å². The number of hydrogen-bond donors (Lipinski definition) is 4. The quantitative estimate of drug-likeness (QED) is 0.527. The first-order valence-electron chi connectivity index (χ1n) is 10.1. The molecular formula is C21H24FN3O6. The summed E-state index contributed by atoms with van der Waals surface area (Å²) in [7, 11) is 0. The summed E-state index contributed by atoms with van der Waals surface area (Å²) >= 11 is 0. The molecule has 3 atom stereocenters. The number of benzene rings is 1. The summed E-state index contributed by atoms with van der Waals surface area (Å²) in [6, 6.07) is 3.48. The maximum atomic E-state index is 14.7. The standard InChI is InChI=1S/C18H18FN3O3.C3H6O3/c1-18-8-21(7-15(18)20-18)14-5-13-10(4-12(14)19)16(23)11(17(24)25)6-22(13)9-2-3-9;1-2(4)3(5)6/h4-6,9,15,20H,2-3,7-8H2,1H3,(H,24,25);2,4H,1H3,(H,5,6). The molecule has 5 rings (SSSR count). The number of fused-ring (bicyclic) bond motifs is 2. The van der Waals surface area contributed by atoms with Gasteiger partial charge in [0.25, 0.3) is 0 Å². The molecule has 0 spiro atoms. The number of hydrogen-bond acceptors (Lipinski definition) is 6. The van der Waals surface area contributed by atoms with E-state index < -0.39 is 29.3 Å². The minimum absolute atomic E-state index is 0.0464. The Kier molecular flexibility index (Phi) is 5.01. The second-order valence-electron chi connectivity index (χ2n) is 8.65. The van der Waals surface area contributed by atoms with E-state index in [9.17, 15) is 23.9 Å². The summed E-state index contributed by atoms with van der Waals surface area (Å²) in [4.78, 5) is 35.3. The van der Waals surface area contributed by atoms with Crippen molar-refractivity contribution in [2.24, 2.45) is 0 Å². The van der Waals surface area contributed by atoms with Gasteiger partial charge in [0.15, 0.2) is 0 Å². The third-order valence-corrected chi connectivity index (χ3v) is 6.08. The number of aliphatic hydroxyl groups is 1. The maximum Gasteiger partial charge on any atom is 0.341 e. The smallest absolute Gasteiger partial charge is 0.341 e. The van der Waals surface area contributed by atoms with E-state index in [1.54, 1.807) is 6.07 Å². The van der Waals surface area contributed by atoms with Crippen LogP contribution in [0.4, 0.5) is 10.1 Å². The Bertz CT molecular complexity index is 1140. The third kappa shape index (κ3) is 3.88.